The van der Waals surface area contributed by atoms with Gasteiger partial charge >= 0.3 is 0 Å². The number of allylic oxidation sites excluding steroid dienone is 1. The molecule has 0 aromatic carbocycles. The van der Waals surface area contributed by atoms with Crippen LogP contribution in [0.4, 0.5) is 0 Å². The zero-order chi connectivity index (χ0) is 5.54. The van der Waals surface area contributed by atoms with Gasteiger partial charge in [-0.15, -0.1) is 6.58 Å². The van der Waals surface area contributed by atoms with Gasteiger partial charge in [0.25, 0.3) is 0 Å². The van der Waals surface area contributed by atoms with E-state index in [2.05, 4.69) is 36.0 Å². The van der Waals surface area contributed by atoms with Crippen LogP contribution in [0.5, 0.6) is 0 Å². The third kappa shape index (κ3) is 4.86. The van der Waals surface area contributed by atoms with E-state index < -0.39 is 0 Å². The zero-order valence-electron chi connectivity index (χ0n) is 4.21. The highest BCUT2D eigenvalue weighted by atomic mass is 13.5. The Kier molecular flexibility index (Phi) is 4.07. The van der Waals surface area contributed by atoms with Gasteiger partial charge in [-0.2, -0.15) is 0 Å². The van der Waals surface area contributed by atoms with Crippen LogP contribution in [0.2, 0.25) is 0 Å². The molecule has 0 bridgehead atoms. The number of hydrogen-bond acceptors (Lipinski definition) is 0. The molecule has 0 nitrogen and oxygen atoms in total. The third-order valence-corrected chi connectivity index (χ3v) is 0.338. The fourth-order valence-electron chi connectivity index (χ4n) is 0.138. The lowest BCUT2D eigenvalue weighted by atomic mass is 10.6. The van der Waals surface area contributed by atoms with Gasteiger partial charge in [0.05, 0.1) is 0 Å². The predicted molar refractivity (Wildman–Crippen MR) is 29.3 cm³/mol. The van der Waals surface area contributed by atoms with Crippen LogP contribution in [0.3, 0.4) is 0 Å². The summed E-state index contributed by atoms with van der Waals surface area (Å²) < 4.78 is 0. The van der Waals surface area contributed by atoms with Gasteiger partial charge in [0.1, 0.15) is 0 Å². The van der Waals surface area contributed by atoms with E-state index in [1.165, 1.54) is 0 Å². The van der Waals surface area contributed by atoms with Crippen LogP contribution in [0.1, 0.15) is 6.92 Å². The largest absolute Gasteiger partial charge is 0.252 e. The lowest BCUT2D eigenvalue weighted by Gasteiger charge is -1.63. The van der Waals surface area contributed by atoms with Crippen molar-refractivity contribution < 1.29 is 0 Å². The van der Waals surface area contributed by atoms with Crippen molar-refractivity contribution in [2.24, 2.45) is 0 Å². The summed E-state index contributed by atoms with van der Waals surface area (Å²) >= 11 is 0. The van der Waals surface area contributed by atoms with Crippen LogP contribution in [0.25, 0.3) is 0 Å². The van der Waals surface area contributed by atoms with Gasteiger partial charge < -0.3 is 0 Å². The molecule has 0 rings (SSSR count). The van der Waals surface area contributed by atoms with E-state index in [1.54, 1.807) is 6.92 Å². The van der Waals surface area contributed by atoms with E-state index >= 15 is 0 Å². The standard InChI is InChI=1S/C7H5/c1-3-5-7-6-4-2/h1H2,2H3/q-1. The van der Waals surface area contributed by atoms with Crippen molar-refractivity contribution in [2.75, 3.05) is 0 Å². The van der Waals surface area contributed by atoms with E-state index in [4.69, 9.17) is 0 Å². The highest BCUT2D eigenvalue weighted by Crippen LogP contribution is 1.54. The van der Waals surface area contributed by atoms with Crippen LogP contribution in [-0.2, 0) is 0 Å². The second kappa shape index (κ2) is 4.86. The fourth-order valence-corrected chi connectivity index (χ4v) is 0.138. The Balaban J connectivity index is 3.88. The quantitative estimate of drug-likeness (QED) is 0.238. The van der Waals surface area contributed by atoms with Gasteiger partial charge in [-0.25, -0.2) is 17.4 Å². The lowest BCUT2D eigenvalue weighted by molar-refractivity contribution is 1.89. The third-order valence-electron chi connectivity index (χ3n) is 0.338. The molecule has 0 spiro atoms. The summed E-state index contributed by atoms with van der Waals surface area (Å²) in [5, 5.41) is 0. The molecule has 0 radical (unpaired) electrons. The van der Waals surface area contributed by atoms with E-state index in [0.29, 0.717) is 0 Å². The normalized spacial score (nSPS) is 4.14. The van der Waals surface area contributed by atoms with Crippen molar-refractivity contribution in [1.82, 2.24) is 0 Å². The number of hydrogen-bond donors (Lipinski definition) is 0. The fraction of sp³-hybridized carbons (Fsp3) is 0.143. The lowest BCUT2D eigenvalue weighted by Crippen LogP contribution is -1.40. The van der Waals surface area contributed by atoms with Crippen LogP contribution >= 0.6 is 0 Å². The molecule has 0 aromatic heterocycles. The summed E-state index contributed by atoms with van der Waals surface area (Å²) in [6.45, 7) is 5.00. The van der Waals surface area contributed by atoms with Crippen LogP contribution < -0.4 is 0 Å². The van der Waals surface area contributed by atoms with E-state index in [9.17, 15) is 0 Å². The minimum atomic E-state index is 1.73. The van der Waals surface area contributed by atoms with Crippen LogP contribution in [0.15, 0.2) is 18.0 Å². The molecule has 0 saturated carbocycles. The predicted octanol–water partition coefficient (Wildman–Crippen LogP) is 1.31. The zero-order valence-corrected chi connectivity index (χ0v) is 4.21. The first kappa shape index (κ1) is 5.86. The summed E-state index contributed by atoms with van der Waals surface area (Å²) in [5.41, 5.74) is 4.85. The second-order valence-corrected chi connectivity index (χ2v) is 0.802. The maximum atomic E-state index is 3.27. The minimum Gasteiger partial charge on any atom is -0.252 e. The minimum absolute atomic E-state index is 1.73. The molecule has 0 aromatic rings. The maximum absolute atomic E-state index is 3.27. The molecule has 0 fully saturated rings. The van der Waals surface area contributed by atoms with Crippen molar-refractivity contribution in [3.63, 3.8) is 0 Å². The van der Waals surface area contributed by atoms with Crippen molar-refractivity contribution in [3.05, 3.63) is 24.1 Å². The highest BCUT2D eigenvalue weighted by Gasteiger charge is 1.30. The number of rotatable bonds is 0. The van der Waals surface area contributed by atoms with Gasteiger partial charge in [0.15, 0.2) is 0 Å². The van der Waals surface area contributed by atoms with Crippen molar-refractivity contribution in [1.29, 1.82) is 0 Å². The molecule has 0 heterocycles. The Bertz CT molecular complexity index is 164. The molecule has 0 aliphatic heterocycles. The maximum Gasteiger partial charge on any atom is -0.0604 e. The molecule has 0 amide bonds. The van der Waals surface area contributed by atoms with Gasteiger partial charge in [0.2, 0.25) is 0 Å². The molecule has 0 heteroatoms. The summed E-state index contributed by atoms with van der Waals surface area (Å²) in [6, 6.07) is 0. The monoisotopic (exact) mass is 89.0 g/mol. The van der Waals surface area contributed by atoms with Gasteiger partial charge in [0, 0.05) is 0 Å². The molecule has 7 heavy (non-hydrogen) atoms. The summed E-state index contributed by atoms with van der Waals surface area (Å²) in [5.74, 6) is 5.15. The van der Waals surface area contributed by atoms with Gasteiger partial charge in [-0.05, 0) is 0 Å². The smallest absolute Gasteiger partial charge is 0.0604 e. The highest BCUT2D eigenvalue weighted by molar-refractivity contribution is 5.05. The first-order valence-corrected chi connectivity index (χ1v) is 1.85. The van der Waals surface area contributed by atoms with E-state index in [-0.39, 0.29) is 0 Å². The topological polar surface area (TPSA) is 0 Å². The van der Waals surface area contributed by atoms with Crippen molar-refractivity contribution in [2.45, 2.75) is 6.92 Å². The molecule has 0 saturated heterocycles. The summed E-state index contributed by atoms with van der Waals surface area (Å²) in [7, 11) is 0. The second-order valence-electron chi connectivity index (χ2n) is 0.802. The molecule has 0 unspecified atom stereocenters. The van der Waals surface area contributed by atoms with E-state index in [0.717, 1.165) is 0 Å². The van der Waals surface area contributed by atoms with E-state index in [1.807, 2.05) is 0 Å². The Morgan fingerprint density at radius 2 is 2.29 bits per heavy atom. The molecule has 0 aliphatic carbocycles. The summed E-state index contributed by atoms with van der Waals surface area (Å²) in [6.07, 6.45) is 2.50. The molecule has 0 aliphatic rings. The van der Waals surface area contributed by atoms with Gasteiger partial charge in [-0.3, -0.25) is 5.92 Å². The van der Waals surface area contributed by atoms with Crippen LogP contribution in [-0.4, -0.2) is 0 Å². The van der Waals surface area contributed by atoms with Crippen molar-refractivity contribution >= 4 is 0 Å². The van der Waals surface area contributed by atoms with Crippen molar-refractivity contribution in [3.8, 4) is 11.8 Å². The molecular formula is C7H5-. The SMILES string of the molecule is C=C=C=[C-]C#CC. The molecular weight excluding hydrogens is 84.1 g/mol. The molecule has 0 atom stereocenters. The average Bonchev–Trinajstić information content (AvgIpc) is 1.69. The van der Waals surface area contributed by atoms with Gasteiger partial charge in [-0.1, -0.05) is 13.0 Å². The first-order valence-electron chi connectivity index (χ1n) is 1.85. The Morgan fingerprint density at radius 1 is 1.57 bits per heavy atom. The Morgan fingerprint density at radius 3 is 2.71 bits per heavy atom. The summed E-state index contributed by atoms with van der Waals surface area (Å²) in [4.78, 5) is 0. The Hall–Kier alpha value is -1.14. The molecule has 0 N–H and O–H groups in total. The Labute approximate surface area is 43.9 Å². The first-order chi connectivity index (χ1) is 3.41. The molecule has 34 valence electrons. The average molecular weight is 89.1 g/mol. The van der Waals surface area contributed by atoms with Crippen LogP contribution in [0, 0.1) is 17.9 Å².